The lowest BCUT2D eigenvalue weighted by Crippen LogP contribution is -2.50. The lowest BCUT2D eigenvalue weighted by molar-refractivity contribution is -0.658. The highest BCUT2D eigenvalue weighted by atomic mass is 16.3. The van der Waals surface area contributed by atoms with E-state index in [0.29, 0.717) is 11.3 Å². The molecule has 0 fully saturated rings. The third-order valence-electron chi connectivity index (χ3n) is 4.71. The highest BCUT2D eigenvalue weighted by Gasteiger charge is 2.34. The third-order valence-corrected chi connectivity index (χ3v) is 4.71. The maximum absolute atomic E-state index is 7.74. The van der Waals surface area contributed by atoms with Crippen molar-refractivity contribution in [3.63, 3.8) is 0 Å². The molecule has 0 radical (unpaired) electrons. The first-order chi connectivity index (χ1) is 12.7. The zero-order chi connectivity index (χ0) is 19.5. The van der Waals surface area contributed by atoms with Crippen molar-refractivity contribution in [3.8, 4) is 0 Å². The van der Waals surface area contributed by atoms with Crippen LogP contribution in [0.25, 0.3) is 22.8 Å². The van der Waals surface area contributed by atoms with Crippen LogP contribution in [0.2, 0.25) is 6.82 Å². The standard InChI is InChI=1S/C19H21BN3O/c1-12-9-17(22(5)11-13(12)2)23-14(3)18-16(10-20(23)4)15-7-6-8-21-19(15)24-18/h6-11H,1-5H3/q+1/i2D3. The van der Waals surface area contributed by atoms with Crippen molar-refractivity contribution >= 4 is 35.4 Å². The van der Waals surface area contributed by atoms with Crippen LogP contribution in [0.4, 0.5) is 5.82 Å². The van der Waals surface area contributed by atoms with E-state index >= 15 is 0 Å². The molecule has 0 saturated carbocycles. The molecule has 0 aliphatic carbocycles. The van der Waals surface area contributed by atoms with Gasteiger partial charge in [-0.2, -0.15) is 0 Å². The number of hydrogen-bond donors (Lipinski definition) is 0. The van der Waals surface area contributed by atoms with Crippen LogP contribution in [-0.2, 0) is 7.05 Å². The molecule has 1 aliphatic rings. The van der Waals surface area contributed by atoms with Crippen molar-refractivity contribution in [2.45, 2.75) is 27.5 Å². The molecule has 0 unspecified atom stereocenters. The number of fused-ring (bicyclic) bond motifs is 3. The summed E-state index contributed by atoms with van der Waals surface area (Å²) in [4.78, 5) is 6.50. The number of pyridine rings is 2. The maximum Gasteiger partial charge on any atom is 0.402 e. The lowest BCUT2D eigenvalue weighted by Gasteiger charge is -2.23. The van der Waals surface area contributed by atoms with Gasteiger partial charge >= 0.3 is 6.85 Å². The van der Waals surface area contributed by atoms with Gasteiger partial charge in [-0.25, -0.2) is 9.55 Å². The molecule has 5 heteroatoms. The molecule has 24 heavy (non-hydrogen) atoms. The van der Waals surface area contributed by atoms with Gasteiger partial charge in [0.15, 0.2) is 5.42 Å². The summed E-state index contributed by atoms with van der Waals surface area (Å²) in [5, 5.41) is 2.08. The van der Waals surface area contributed by atoms with Crippen molar-refractivity contribution in [2.24, 2.45) is 7.05 Å². The number of hydrogen-bond acceptors (Lipinski definition) is 3. The molecule has 0 aromatic carbocycles. The Morgan fingerprint density at radius 3 is 2.96 bits per heavy atom. The van der Waals surface area contributed by atoms with Gasteiger partial charge in [-0.3, -0.25) is 4.81 Å². The summed E-state index contributed by atoms with van der Waals surface area (Å²) >= 11 is 0. The summed E-state index contributed by atoms with van der Waals surface area (Å²) in [6.07, 6.45) is 3.43. The van der Waals surface area contributed by atoms with Crippen LogP contribution in [0.15, 0.2) is 35.0 Å². The molecule has 0 atom stereocenters. The Labute approximate surface area is 146 Å². The fraction of sp³-hybridized carbons (Fsp3) is 0.263. The van der Waals surface area contributed by atoms with Gasteiger partial charge in [0, 0.05) is 27.0 Å². The second-order valence-electron chi connectivity index (χ2n) is 6.40. The van der Waals surface area contributed by atoms with Crippen molar-refractivity contribution in [2.75, 3.05) is 4.81 Å². The SMILES string of the molecule is [2H]C([2H])([2H])c1c[n+](C)c(N2B(C)C=c3c(oc4ncccc34)=C2C)cc1C. The molecule has 4 nitrogen and oxygen atoms in total. The number of furan rings is 1. The molecular weight excluding hydrogens is 297 g/mol. The average molecular weight is 321 g/mol. The van der Waals surface area contributed by atoms with E-state index in [1.807, 2.05) is 43.7 Å². The molecule has 0 bridgehead atoms. The van der Waals surface area contributed by atoms with E-state index in [-0.39, 0.29) is 6.85 Å². The first-order valence-corrected chi connectivity index (χ1v) is 8.05. The maximum atomic E-state index is 7.74. The van der Waals surface area contributed by atoms with Crippen LogP contribution in [-0.4, -0.2) is 11.8 Å². The molecule has 0 amide bonds. The normalized spacial score (nSPS) is 16.5. The highest BCUT2D eigenvalue weighted by Crippen LogP contribution is 2.22. The molecular formula is C19H21BN3O+. The van der Waals surface area contributed by atoms with Crippen LogP contribution in [0.1, 0.15) is 22.2 Å². The first kappa shape index (κ1) is 11.9. The van der Waals surface area contributed by atoms with Gasteiger partial charge in [0.25, 0.3) is 5.82 Å². The minimum absolute atomic E-state index is 0.0858. The molecule has 4 heterocycles. The van der Waals surface area contributed by atoms with Crippen LogP contribution >= 0.6 is 0 Å². The number of aryl methyl sites for hydroxylation is 3. The average Bonchev–Trinajstić information content (AvgIpc) is 2.95. The number of aromatic nitrogens is 2. The van der Waals surface area contributed by atoms with Crippen molar-refractivity contribution in [1.82, 2.24) is 4.98 Å². The second-order valence-corrected chi connectivity index (χ2v) is 6.40. The number of rotatable bonds is 1. The third kappa shape index (κ3) is 2.08. The van der Waals surface area contributed by atoms with Gasteiger partial charge in [-0.05, 0) is 50.8 Å². The summed E-state index contributed by atoms with van der Waals surface area (Å²) in [6, 6.07) is 5.86. The Bertz CT molecular complexity index is 1180. The Hall–Kier alpha value is -2.56. The number of anilines is 1. The molecule has 3 aromatic rings. The monoisotopic (exact) mass is 321 g/mol. The zero-order valence-electron chi connectivity index (χ0n) is 17.3. The van der Waals surface area contributed by atoms with E-state index in [0.717, 1.165) is 33.1 Å². The van der Waals surface area contributed by atoms with Gasteiger partial charge < -0.3 is 4.42 Å². The van der Waals surface area contributed by atoms with Gasteiger partial charge in [0.1, 0.15) is 5.70 Å². The van der Waals surface area contributed by atoms with Crippen molar-refractivity contribution < 1.29 is 13.1 Å². The van der Waals surface area contributed by atoms with Gasteiger partial charge in [-0.15, -0.1) is 0 Å². The Balaban J connectivity index is 1.94. The van der Waals surface area contributed by atoms with Crippen molar-refractivity contribution in [3.05, 3.63) is 52.4 Å². The summed E-state index contributed by atoms with van der Waals surface area (Å²) in [6.45, 7) is 3.95. The predicted octanol–water partition coefficient (Wildman–Crippen LogP) is 1.86. The fourth-order valence-electron chi connectivity index (χ4n) is 3.47. The van der Waals surface area contributed by atoms with Crippen LogP contribution in [0.5, 0.6) is 0 Å². The summed E-state index contributed by atoms with van der Waals surface area (Å²) in [5.41, 5.74) is 3.54. The predicted molar refractivity (Wildman–Crippen MR) is 98.0 cm³/mol. The lowest BCUT2D eigenvalue weighted by atomic mass is 9.60. The minimum atomic E-state index is -2.13. The van der Waals surface area contributed by atoms with E-state index in [1.165, 1.54) is 0 Å². The van der Waals surface area contributed by atoms with E-state index in [1.54, 1.807) is 12.4 Å². The van der Waals surface area contributed by atoms with Crippen LogP contribution in [0, 0.1) is 13.8 Å². The minimum Gasteiger partial charge on any atom is -0.434 e. The molecule has 120 valence electrons. The Kier molecular flexibility index (Phi) is 2.59. The summed E-state index contributed by atoms with van der Waals surface area (Å²) in [7, 11) is 1.87. The van der Waals surface area contributed by atoms with E-state index in [9.17, 15) is 0 Å². The van der Waals surface area contributed by atoms with Gasteiger partial charge in [-0.1, -0.05) is 5.98 Å². The van der Waals surface area contributed by atoms with E-state index in [4.69, 9.17) is 8.53 Å². The molecule has 0 N–H and O–H groups in total. The molecule has 0 spiro atoms. The Morgan fingerprint density at radius 2 is 2.17 bits per heavy atom. The molecule has 1 aliphatic heterocycles. The largest absolute Gasteiger partial charge is 0.434 e. The first-order valence-electron chi connectivity index (χ1n) is 9.55. The molecule has 3 aromatic heterocycles. The second kappa shape index (κ2) is 5.23. The molecule has 0 saturated heterocycles. The Morgan fingerprint density at radius 1 is 1.33 bits per heavy atom. The van der Waals surface area contributed by atoms with E-state index < -0.39 is 6.85 Å². The van der Waals surface area contributed by atoms with Crippen LogP contribution in [0.3, 0.4) is 0 Å². The fourth-order valence-corrected chi connectivity index (χ4v) is 3.47. The van der Waals surface area contributed by atoms with Gasteiger partial charge in [0.05, 0.1) is 13.2 Å². The zero-order valence-corrected chi connectivity index (χ0v) is 14.3. The molecule has 4 rings (SSSR count). The highest BCUT2D eigenvalue weighted by molar-refractivity contribution is 6.77. The van der Waals surface area contributed by atoms with Gasteiger partial charge in [0.2, 0.25) is 5.71 Å². The smallest absolute Gasteiger partial charge is 0.402 e. The van der Waals surface area contributed by atoms with Crippen molar-refractivity contribution in [1.29, 1.82) is 0 Å². The summed E-state index contributed by atoms with van der Waals surface area (Å²) in [5.74, 6) is 3.09. The quantitative estimate of drug-likeness (QED) is 0.507. The summed E-state index contributed by atoms with van der Waals surface area (Å²) < 4.78 is 31.1. The topological polar surface area (TPSA) is 33.2 Å². The van der Waals surface area contributed by atoms with Crippen LogP contribution < -0.4 is 20.0 Å². The van der Waals surface area contributed by atoms with E-state index in [2.05, 4.69) is 22.6 Å². The number of nitrogens with zero attached hydrogens (tertiary/aromatic N) is 3.